The average Bonchev–Trinajstić information content (AvgIpc) is 2.64. The molecule has 5 nitrogen and oxygen atoms in total. The molecule has 0 spiro atoms. The van der Waals surface area contributed by atoms with Crippen molar-refractivity contribution in [1.82, 2.24) is 10.3 Å². The molecule has 0 aliphatic carbocycles. The van der Waals surface area contributed by atoms with Crippen LogP contribution < -0.4 is 5.32 Å². The normalized spacial score (nSPS) is 10.1. The number of esters is 1. The molecule has 1 rings (SSSR count). The number of rotatable bonds is 5. The summed E-state index contributed by atoms with van der Waals surface area (Å²) in [6, 6.07) is 1.44. The minimum Gasteiger partial charge on any atom is -0.469 e. The van der Waals surface area contributed by atoms with E-state index in [1.165, 1.54) is 13.2 Å². The summed E-state index contributed by atoms with van der Waals surface area (Å²) in [5.41, 5.74) is 0.290. The Morgan fingerprint density at radius 3 is 2.71 bits per heavy atom. The highest BCUT2D eigenvalue weighted by Crippen LogP contribution is 2.21. The van der Waals surface area contributed by atoms with Crippen molar-refractivity contribution in [2.45, 2.75) is 12.8 Å². The number of methoxy groups -OCH3 is 1. The number of hydrogen-bond donors (Lipinski definition) is 2. The number of ether oxygens (including phenoxy) is 1. The number of nitrogens with one attached hydrogen (secondary N) is 2. The van der Waals surface area contributed by atoms with Crippen molar-refractivity contribution in [1.29, 1.82) is 0 Å². The molecule has 1 aromatic heterocycles. The van der Waals surface area contributed by atoms with Gasteiger partial charge >= 0.3 is 5.97 Å². The number of aromatic amines is 1. The molecular formula is C10H12Cl2N2O3. The maximum atomic E-state index is 11.5. The molecule has 1 aromatic rings. The molecule has 0 aliphatic heterocycles. The van der Waals surface area contributed by atoms with Crippen LogP contribution in [-0.2, 0) is 9.53 Å². The van der Waals surface area contributed by atoms with Crippen LogP contribution in [0.3, 0.4) is 0 Å². The van der Waals surface area contributed by atoms with Crippen LogP contribution in [0.4, 0.5) is 0 Å². The van der Waals surface area contributed by atoms with Gasteiger partial charge in [-0.2, -0.15) is 0 Å². The van der Waals surface area contributed by atoms with Gasteiger partial charge in [0.05, 0.1) is 12.1 Å². The first-order valence-electron chi connectivity index (χ1n) is 4.93. The van der Waals surface area contributed by atoms with E-state index in [0.29, 0.717) is 18.0 Å². The second-order valence-corrected chi connectivity index (χ2v) is 4.07. The Morgan fingerprint density at radius 1 is 1.47 bits per heavy atom. The summed E-state index contributed by atoms with van der Waals surface area (Å²) in [6.45, 7) is 0.377. The van der Waals surface area contributed by atoms with E-state index in [4.69, 9.17) is 23.2 Å². The van der Waals surface area contributed by atoms with Crippen LogP contribution in [0.2, 0.25) is 10.2 Å². The number of hydrogen-bond acceptors (Lipinski definition) is 3. The van der Waals surface area contributed by atoms with Crippen LogP contribution in [0.15, 0.2) is 6.07 Å². The molecule has 0 fully saturated rings. The highest BCUT2D eigenvalue weighted by molar-refractivity contribution is 6.41. The van der Waals surface area contributed by atoms with Gasteiger partial charge in [0.1, 0.15) is 10.8 Å². The van der Waals surface area contributed by atoms with E-state index in [1.807, 2.05) is 0 Å². The fourth-order valence-electron chi connectivity index (χ4n) is 1.16. The van der Waals surface area contributed by atoms with Crippen molar-refractivity contribution in [3.05, 3.63) is 21.9 Å². The highest BCUT2D eigenvalue weighted by Gasteiger charge is 2.11. The Balaban J connectivity index is 2.33. The Morgan fingerprint density at radius 2 is 2.18 bits per heavy atom. The molecule has 0 unspecified atom stereocenters. The summed E-state index contributed by atoms with van der Waals surface area (Å²) in [7, 11) is 1.32. The summed E-state index contributed by atoms with van der Waals surface area (Å²) < 4.78 is 4.47. The van der Waals surface area contributed by atoms with Gasteiger partial charge in [-0.15, -0.1) is 0 Å². The molecule has 7 heteroatoms. The predicted octanol–water partition coefficient (Wildman–Crippen LogP) is 2.00. The average molecular weight is 279 g/mol. The molecule has 0 saturated carbocycles. The molecule has 0 radical (unpaired) electrons. The Kier molecular flexibility index (Phi) is 5.31. The van der Waals surface area contributed by atoms with Crippen molar-refractivity contribution in [3.8, 4) is 0 Å². The number of amides is 1. The van der Waals surface area contributed by atoms with Crippen molar-refractivity contribution in [2.24, 2.45) is 0 Å². The number of halogens is 2. The van der Waals surface area contributed by atoms with E-state index >= 15 is 0 Å². The molecule has 0 aliphatic rings. The maximum Gasteiger partial charge on any atom is 0.305 e. The van der Waals surface area contributed by atoms with E-state index < -0.39 is 0 Å². The van der Waals surface area contributed by atoms with Crippen molar-refractivity contribution in [2.75, 3.05) is 13.7 Å². The monoisotopic (exact) mass is 278 g/mol. The first-order valence-corrected chi connectivity index (χ1v) is 5.69. The second-order valence-electron chi connectivity index (χ2n) is 3.28. The molecule has 1 heterocycles. The zero-order valence-corrected chi connectivity index (χ0v) is 10.7. The third-order valence-electron chi connectivity index (χ3n) is 2.04. The third kappa shape index (κ3) is 4.28. The minimum absolute atomic E-state index is 0.228. The number of carbonyl (C=O) groups is 2. The lowest BCUT2D eigenvalue weighted by molar-refractivity contribution is -0.140. The van der Waals surface area contributed by atoms with Crippen LogP contribution in [0, 0.1) is 0 Å². The fourth-order valence-corrected chi connectivity index (χ4v) is 1.47. The van der Waals surface area contributed by atoms with Gasteiger partial charge in [-0.1, -0.05) is 23.2 Å². The number of H-pyrrole nitrogens is 1. The number of aromatic nitrogens is 1. The molecule has 2 N–H and O–H groups in total. The van der Waals surface area contributed by atoms with Crippen molar-refractivity contribution < 1.29 is 14.3 Å². The topological polar surface area (TPSA) is 71.2 Å². The third-order valence-corrected chi connectivity index (χ3v) is 2.73. The lowest BCUT2D eigenvalue weighted by atomic mass is 10.3. The van der Waals surface area contributed by atoms with Gasteiger partial charge in [0.15, 0.2) is 0 Å². The summed E-state index contributed by atoms with van der Waals surface area (Å²) in [5, 5.41) is 3.15. The van der Waals surface area contributed by atoms with Crippen molar-refractivity contribution >= 4 is 35.1 Å². The van der Waals surface area contributed by atoms with E-state index in [0.717, 1.165) is 0 Å². The molecular weight excluding hydrogens is 267 g/mol. The van der Waals surface area contributed by atoms with Crippen LogP contribution in [-0.4, -0.2) is 30.5 Å². The first-order chi connectivity index (χ1) is 8.04. The molecule has 0 bridgehead atoms. The molecule has 1 amide bonds. The van der Waals surface area contributed by atoms with Gasteiger partial charge in [-0.3, -0.25) is 9.59 Å². The van der Waals surface area contributed by atoms with Crippen LogP contribution in [0.25, 0.3) is 0 Å². The number of carbonyl (C=O) groups excluding carboxylic acids is 2. The smallest absolute Gasteiger partial charge is 0.305 e. The molecule has 17 heavy (non-hydrogen) atoms. The summed E-state index contributed by atoms with van der Waals surface area (Å²) in [4.78, 5) is 25.0. The Bertz CT molecular complexity index is 398. The quantitative estimate of drug-likeness (QED) is 0.639. The molecule has 0 aromatic carbocycles. The SMILES string of the molecule is COC(=O)CCCNC(=O)c1cc(Cl)c(Cl)[nH]1. The standard InChI is InChI=1S/C10H12Cl2N2O3/c1-17-8(15)3-2-4-13-10(16)7-5-6(11)9(12)14-7/h5,14H,2-4H2,1H3,(H,13,16). The van der Waals surface area contributed by atoms with E-state index in [1.54, 1.807) is 0 Å². The molecule has 0 atom stereocenters. The lowest BCUT2D eigenvalue weighted by Gasteiger charge is -2.02. The van der Waals surface area contributed by atoms with E-state index in [2.05, 4.69) is 15.0 Å². The first kappa shape index (κ1) is 13.9. The van der Waals surface area contributed by atoms with E-state index in [9.17, 15) is 9.59 Å². The minimum atomic E-state index is -0.316. The second kappa shape index (κ2) is 6.51. The molecule has 0 saturated heterocycles. The zero-order chi connectivity index (χ0) is 12.8. The van der Waals surface area contributed by atoms with Gasteiger partial charge in [-0.05, 0) is 12.5 Å². The van der Waals surface area contributed by atoms with Gasteiger partial charge in [0, 0.05) is 13.0 Å². The van der Waals surface area contributed by atoms with Gasteiger partial charge < -0.3 is 15.0 Å². The zero-order valence-electron chi connectivity index (χ0n) is 9.18. The fraction of sp³-hybridized carbons (Fsp3) is 0.400. The van der Waals surface area contributed by atoms with Gasteiger partial charge in [0.25, 0.3) is 5.91 Å². The summed E-state index contributed by atoms with van der Waals surface area (Å²) in [5.74, 6) is -0.617. The van der Waals surface area contributed by atoms with Crippen LogP contribution >= 0.6 is 23.2 Å². The summed E-state index contributed by atoms with van der Waals surface area (Å²) in [6.07, 6.45) is 0.781. The lowest BCUT2D eigenvalue weighted by Crippen LogP contribution is -2.25. The maximum absolute atomic E-state index is 11.5. The van der Waals surface area contributed by atoms with E-state index in [-0.39, 0.29) is 29.1 Å². The van der Waals surface area contributed by atoms with Crippen LogP contribution in [0.1, 0.15) is 23.3 Å². The Labute approximate surface area is 108 Å². The van der Waals surface area contributed by atoms with Gasteiger partial charge in [-0.25, -0.2) is 0 Å². The Hall–Kier alpha value is -1.20. The van der Waals surface area contributed by atoms with Gasteiger partial charge in [0.2, 0.25) is 0 Å². The summed E-state index contributed by atoms with van der Waals surface area (Å²) >= 11 is 11.4. The largest absolute Gasteiger partial charge is 0.469 e. The highest BCUT2D eigenvalue weighted by atomic mass is 35.5. The molecule has 94 valence electrons. The van der Waals surface area contributed by atoms with Crippen LogP contribution in [0.5, 0.6) is 0 Å². The predicted molar refractivity (Wildman–Crippen MR) is 64.4 cm³/mol. The van der Waals surface area contributed by atoms with Crippen molar-refractivity contribution in [3.63, 3.8) is 0 Å².